The molecule has 0 spiro atoms. The molecule has 1 N–H and O–H groups in total. The fourth-order valence-corrected chi connectivity index (χ4v) is 6.93. The van der Waals surface area contributed by atoms with Crippen LogP contribution in [0.3, 0.4) is 0 Å². The summed E-state index contributed by atoms with van der Waals surface area (Å²) in [6.07, 6.45) is 2.48. The van der Waals surface area contributed by atoms with Gasteiger partial charge in [0.15, 0.2) is 0 Å². The zero-order valence-electron chi connectivity index (χ0n) is 19.7. The molecule has 3 aromatic rings. The number of methoxy groups -OCH3 is 1. The van der Waals surface area contributed by atoms with Crippen molar-refractivity contribution >= 4 is 55.5 Å². The minimum Gasteiger partial charge on any atom is -0.492 e. The maximum atomic E-state index is 13.7. The molecule has 1 amide bonds. The third-order valence-corrected chi connectivity index (χ3v) is 8.92. The predicted molar refractivity (Wildman–Crippen MR) is 140 cm³/mol. The van der Waals surface area contributed by atoms with Crippen LogP contribution in [0.1, 0.15) is 34.1 Å². The molecule has 0 bridgehead atoms. The lowest BCUT2D eigenvalue weighted by Crippen LogP contribution is -2.38. The first-order valence-corrected chi connectivity index (χ1v) is 13.9. The van der Waals surface area contributed by atoms with Gasteiger partial charge in [-0.1, -0.05) is 23.7 Å². The molecule has 1 aliphatic carbocycles. The minimum atomic E-state index is -4.18. The van der Waals surface area contributed by atoms with E-state index in [1.54, 1.807) is 31.2 Å². The Morgan fingerprint density at radius 3 is 2.53 bits per heavy atom. The number of carbonyl (C=O) groups excluding carboxylic acids is 2. The van der Waals surface area contributed by atoms with E-state index in [9.17, 15) is 18.0 Å². The van der Waals surface area contributed by atoms with Crippen LogP contribution >= 0.6 is 22.9 Å². The number of halogens is 1. The van der Waals surface area contributed by atoms with Crippen molar-refractivity contribution in [3.63, 3.8) is 0 Å². The molecule has 0 saturated carbocycles. The number of nitrogens with one attached hydrogen (secondary N) is 1. The largest absolute Gasteiger partial charge is 0.492 e. The number of nitrogens with zero attached hydrogens (tertiary/aromatic N) is 1. The number of anilines is 2. The minimum absolute atomic E-state index is 0.0312. The molecule has 0 atom stereocenters. The monoisotopic (exact) mass is 548 g/mol. The van der Waals surface area contributed by atoms with Crippen LogP contribution in [0.5, 0.6) is 5.75 Å². The van der Waals surface area contributed by atoms with Crippen molar-refractivity contribution in [1.82, 2.24) is 0 Å². The van der Waals surface area contributed by atoms with Crippen LogP contribution in [0, 0.1) is 0 Å². The molecule has 1 aromatic heterocycles. The van der Waals surface area contributed by atoms with E-state index in [1.165, 1.54) is 42.7 Å². The van der Waals surface area contributed by atoms with Gasteiger partial charge < -0.3 is 14.8 Å². The number of carbonyl (C=O) groups is 2. The molecule has 4 rings (SSSR count). The van der Waals surface area contributed by atoms with Gasteiger partial charge in [0.1, 0.15) is 17.3 Å². The Hall–Kier alpha value is -3.08. The second-order valence-corrected chi connectivity index (χ2v) is 11.4. The Bertz CT molecular complexity index is 1390. The summed E-state index contributed by atoms with van der Waals surface area (Å²) in [7, 11) is -2.89. The molecule has 0 fully saturated rings. The lowest BCUT2D eigenvalue weighted by molar-refractivity contribution is -0.114. The third-order valence-electron chi connectivity index (χ3n) is 5.69. The molecule has 1 heterocycles. The van der Waals surface area contributed by atoms with E-state index in [-0.39, 0.29) is 10.6 Å². The van der Waals surface area contributed by atoms with Gasteiger partial charge in [-0.2, -0.15) is 0 Å². The summed E-state index contributed by atoms with van der Waals surface area (Å²) < 4.78 is 39.0. The molecular formula is C25H25ClN2O6S2. The van der Waals surface area contributed by atoms with Gasteiger partial charge in [-0.05, 0) is 68.1 Å². The van der Waals surface area contributed by atoms with Crippen LogP contribution in [0.15, 0.2) is 53.4 Å². The number of thiophene rings is 1. The summed E-state index contributed by atoms with van der Waals surface area (Å²) in [5.41, 5.74) is 1.44. The maximum Gasteiger partial charge on any atom is 0.341 e. The summed E-state index contributed by atoms with van der Waals surface area (Å²) in [4.78, 5) is 26.7. The lowest BCUT2D eigenvalue weighted by atomic mass is 10.1. The molecule has 11 heteroatoms. The molecule has 190 valence electrons. The highest BCUT2D eigenvalue weighted by molar-refractivity contribution is 7.92. The molecule has 8 nitrogen and oxygen atoms in total. The van der Waals surface area contributed by atoms with Gasteiger partial charge in [0.25, 0.3) is 10.0 Å². The highest BCUT2D eigenvalue weighted by Crippen LogP contribution is 2.40. The molecule has 0 radical (unpaired) electrons. The van der Waals surface area contributed by atoms with Crippen LogP contribution in [0.4, 0.5) is 10.7 Å². The number of benzene rings is 2. The number of esters is 1. The van der Waals surface area contributed by atoms with Crippen molar-refractivity contribution in [3.8, 4) is 5.75 Å². The highest BCUT2D eigenvalue weighted by atomic mass is 35.5. The number of amides is 1. The fraction of sp³-hybridized carbons (Fsp3) is 0.280. The van der Waals surface area contributed by atoms with Crippen molar-refractivity contribution in [2.45, 2.75) is 31.1 Å². The Balaban J connectivity index is 1.71. The van der Waals surface area contributed by atoms with E-state index < -0.39 is 28.4 Å². The lowest BCUT2D eigenvalue weighted by Gasteiger charge is -2.26. The normalized spacial score (nSPS) is 12.6. The summed E-state index contributed by atoms with van der Waals surface area (Å²) in [6.45, 7) is 1.55. The van der Waals surface area contributed by atoms with Gasteiger partial charge in [-0.3, -0.25) is 9.10 Å². The fourth-order valence-electron chi connectivity index (χ4n) is 4.08. The third kappa shape index (κ3) is 5.21. The SMILES string of the molecule is CCOc1ccccc1N(CC(=O)Nc1sc2c(c1C(=O)OC)CCC2)S(=O)(=O)c1ccc(Cl)cc1. The van der Waals surface area contributed by atoms with Crippen molar-refractivity contribution < 1.29 is 27.5 Å². The number of para-hydroxylation sites is 2. The predicted octanol–water partition coefficient (Wildman–Crippen LogP) is 4.91. The molecule has 1 aliphatic rings. The zero-order chi connectivity index (χ0) is 25.9. The van der Waals surface area contributed by atoms with Crippen molar-refractivity contribution in [2.75, 3.05) is 29.9 Å². The average Bonchev–Trinajstić information content (AvgIpc) is 3.44. The first-order valence-electron chi connectivity index (χ1n) is 11.3. The Morgan fingerprint density at radius 1 is 1.11 bits per heavy atom. The first kappa shape index (κ1) is 26.0. The van der Waals surface area contributed by atoms with E-state index >= 15 is 0 Å². The molecule has 0 saturated heterocycles. The van der Waals surface area contributed by atoms with Crippen LogP contribution in [-0.2, 0) is 32.4 Å². The van der Waals surface area contributed by atoms with Gasteiger partial charge in [-0.15, -0.1) is 11.3 Å². The Morgan fingerprint density at radius 2 is 1.83 bits per heavy atom. The summed E-state index contributed by atoms with van der Waals surface area (Å²) in [5, 5.41) is 3.49. The second kappa shape index (κ2) is 10.9. The van der Waals surface area contributed by atoms with E-state index in [2.05, 4.69) is 5.32 Å². The van der Waals surface area contributed by atoms with Gasteiger partial charge >= 0.3 is 5.97 Å². The molecular weight excluding hydrogens is 524 g/mol. The van der Waals surface area contributed by atoms with Crippen molar-refractivity contribution in [1.29, 1.82) is 0 Å². The molecule has 36 heavy (non-hydrogen) atoms. The van der Waals surface area contributed by atoms with E-state index in [1.807, 2.05) is 0 Å². The Kier molecular flexibility index (Phi) is 7.87. The van der Waals surface area contributed by atoms with Gasteiger partial charge in [0.2, 0.25) is 5.91 Å². The van der Waals surface area contributed by atoms with Crippen LogP contribution in [-0.4, -0.2) is 40.6 Å². The highest BCUT2D eigenvalue weighted by Gasteiger charge is 2.32. The van der Waals surface area contributed by atoms with Crippen LogP contribution < -0.4 is 14.4 Å². The van der Waals surface area contributed by atoms with Crippen LogP contribution in [0.2, 0.25) is 5.02 Å². The number of ether oxygens (including phenoxy) is 2. The number of fused-ring (bicyclic) bond motifs is 1. The number of rotatable bonds is 9. The number of sulfonamides is 1. The quantitative estimate of drug-likeness (QED) is 0.381. The summed E-state index contributed by atoms with van der Waals surface area (Å²) in [5.74, 6) is -0.823. The van der Waals surface area contributed by atoms with E-state index in [4.69, 9.17) is 21.1 Å². The molecule has 2 aromatic carbocycles. The number of hydrogen-bond acceptors (Lipinski definition) is 7. The summed E-state index contributed by atoms with van der Waals surface area (Å²) in [6, 6.07) is 12.3. The maximum absolute atomic E-state index is 13.7. The van der Waals surface area contributed by atoms with Gasteiger partial charge in [0.05, 0.1) is 29.9 Å². The van der Waals surface area contributed by atoms with Crippen molar-refractivity contribution in [3.05, 3.63) is 69.6 Å². The Labute approximate surface area is 218 Å². The first-order chi connectivity index (χ1) is 17.3. The zero-order valence-corrected chi connectivity index (χ0v) is 22.1. The molecule has 0 aliphatic heterocycles. The van der Waals surface area contributed by atoms with Crippen molar-refractivity contribution in [2.24, 2.45) is 0 Å². The van der Waals surface area contributed by atoms with Crippen LogP contribution in [0.25, 0.3) is 0 Å². The molecule has 0 unspecified atom stereocenters. The standard InChI is InChI=1S/C25H25ClN2O6S2/c1-3-34-20-9-5-4-8-19(20)28(36(31,32)17-13-11-16(26)12-14-17)15-22(29)27-24-23(25(30)33-2)18-7-6-10-21(18)35-24/h4-5,8-9,11-14H,3,6-7,10,15H2,1-2H3,(H,27,29). The van der Waals surface area contributed by atoms with E-state index in [0.717, 1.165) is 34.0 Å². The number of aryl methyl sites for hydroxylation is 1. The van der Waals surface area contributed by atoms with Gasteiger partial charge in [0, 0.05) is 9.90 Å². The second-order valence-electron chi connectivity index (χ2n) is 7.97. The van der Waals surface area contributed by atoms with E-state index in [0.29, 0.717) is 27.9 Å². The average molecular weight is 549 g/mol. The smallest absolute Gasteiger partial charge is 0.341 e. The summed E-state index contributed by atoms with van der Waals surface area (Å²) >= 11 is 7.27. The number of hydrogen-bond donors (Lipinski definition) is 1. The van der Waals surface area contributed by atoms with Gasteiger partial charge in [-0.25, -0.2) is 13.2 Å². The topological polar surface area (TPSA) is 102 Å².